The number of nitrogens with one attached hydrogen (secondary N) is 1. The van der Waals surface area contributed by atoms with Crippen LogP contribution in [0.5, 0.6) is 0 Å². The van der Waals surface area contributed by atoms with Crippen molar-refractivity contribution in [3.63, 3.8) is 0 Å². The summed E-state index contributed by atoms with van der Waals surface area (Å²) in [4.78, 5) is 27.2. The standard InChI is InChI=1S/C21H22ClN5O2/c1-2-27-19-7-6-15(12-18(19)24-25-27)21(29)26-10-8-14(9-11-26)20(28)23-17-5-3-4-16(22)13-17/h3-7,12-14H,2,8-11H2,1H3,(H,23,28). The van der Waals surface area contributed by atoms with E-state index in [4.69, 9.17) is 11.6 Å². The molecule has 0 aliphatic carbocycles. The molecule has 1 aromatic heterocycles. The number of amides is 2. The van der Waals surface area contributed by atoms with Gasteiger partial charge >= 0.3 is 0 Å². The van der Waals surface area contributed by atoms with Gasteiger partial charge in [0.2, 0.25) is 5.91 Å². The Morgan fingerprint density at radius 2 is 1.97 bits per heavy atom. The van der Waals surface area contributed by atoms with Crippen LogP contribution in [-0.2, 0) is 11.3 Å². The lowest BCUT2D eigenvalue weighted by Crippen LogP contribution is -2.41. The zero-order chi connectivity index (χ0) is 20.4. The highest BCUT2D eigenvalue weighted by molar-refractivity contribution is 6.30. The van der Waals surface area contributed by atoms with Gasteiger partial charge in [-0.3, -0.25) is 9.59 Å². The number of hydrogen-bond donors (Lipinski definition) is 1. The van der Waals surface area contributed by atoms with E-state index in [1.807, 2.05) is 25.1 Å². The average Bonchev–Trinajstić information content (AvgIpc) is 3.15. The molecule has 0 radical (unpaired) electrons. The maximum atomic E-state index is 12.9. The van der Waals surface area contributed by atoms with E-state index in [0.717, 1.165) is 12.1 Å². The lowest BCUT2D eigenvalue weighted by Gasteiger charge is -2.31. The summed E-state index contributed by atoms with van der Waals surface area (Å²) in [5.74, 6) is -0.187. The first kappa shape index (κ1) is 19.4. The van der Waals surface area contributed by atoms with Crippen LogP contribution < -0.4 is 5.32 Å². The van der Waals surface area contributed by atoms with Crippen molar-refractivity contribution in [3.8, 4) is 0 Å². The number of benzene rings is 2. The maximum Gasteiger partial charge on any atom is 0.253 e. The fraction of sp³-hybridized carbons (Fsp3) is 0.333. The second-order valence-corrected chi connectivity index (χ2v) is 7.61. The summed E-state index contributed by atoms with van der Waals surface area (Å²) in [6.07, 6.45) is 1.26. The third-order valence-electron chi connectivity index (χ3n) is 5.31. The van der Waals surface area contributed by atoms with Crippen LogP contribution in [0.3, 0.4) is 0 Å². The molecule has 2 aromatic carbocycles. The minimum atomic E-state index is -0.120. The number of carbonyl (C=O) groups is 2. The van der Waals surface area contributed by atoms with Gasteiger partial charge in [-0.1, -0.05) is 22.9 Å². The lowest BCUT2D eigenvalue weighted by molar-refractivity contribution is -0.121. The molecule has 0 spiro atoms. The molecule has 0 atom stereocenters. The second-order valence-electron chi connectivity index (χ2n) is 7.17. The average molecular weight is 412 g/mol. The van der Waals surface area contributed by atoms with Gasteiger partial charge in [0.25, 0.3) is 5.91 Å². The number of rotatable bonds is 4. The van der Waals surface area contributed by atoms with Gasteiger partial charge < -0.3 is 10.2 Å². The SMILES string of the molecule is CCn1nnc2cc(C(=O)N3CCC(C(=O)Nc4cccc(Cl)c4)CC3)ccc21. The number of fused-ring (bicyclic) bond motifs is 1. The van der Waals surface area contributed by atoms with Gasteiger partial charge in [-0.05, 0) is 56.2 Å². The Morgan fingerprint density at radius 3 is 2.69 bits per heavy atom. The van der Waals surface area contributed by atoms with Crippen LogP contribution in [-0.4, -0.2) is 44.8 Å². The summed E-state index contributed by atoms with van der Waals surface area (Å²) in [6, 6.07) is 12.6. The van der Waals surface area contributed by atoms with Crippen LogP contribution in [0.1, 0.15) is 30.1 Å². The quantitative estimate of drug-likeness (QED) is 0.711. The van der Waals surface area contributed by atoms with Crippen LogP contribution in [0.25, 0.3) is 11.0 Å². The fourth-order valence-electron chi connectivity index (χ4n) is 3.68. The molecule has 0 unspecified atom stereocenters. The first-order valence-corrected chi connectivity index (χ1v) is 10.1. The molecule has 0 bridgehead atoms. The smallest absolute Gasteiger partial charge is 0.253 e. The minimum absolute atomic E-state index is 0.0306. The predicted molar refractivity (Wildman–Crippen MR) is 112 cm³/mol. The number of nitrogens with zero attached hydrogens (tertiary/aromatic N) is 4. The third-order valence-corrected chi connectivity index (χ3v) is 5.54. The van der Waals surface area contributed by atoms with Crippen molar-refractivity contribution in [1.29, 1.82) is 0 Å². The van der Waals surface area contributed by atoms with Crippen molar-refractivity contribution in [1.82, 2.24) is 19.9 Å². The molecule has 1 N–H and O–H groups in total. The van der Waals surface area contributed by atoms with E-state index in [9.17, 15) is 9.59 Å². The Bertz CT molecular complexity index is 1060. The molecule has 1 fully saturated rings. The molecule has 4 rings (SSSR count). The number of halogens is 1. The second kappa shape index (κ2) is 8.21. The molecule has 150 valence electrons. The Kier molecular flexibility index (Phi) is 5.49. The number of likely N-dealkylation sites (tertiary alicyclic amines) is 1. The van der Waals surface area contributed by atoms with Crippen molar-refractivity contribution in [2.24, 2.45) is 5.92 Å². The Hall–Kier alpha value is -2.93. The highest BCUT2D eigenvalue weighted by Gasteiger charge is 2.28. The summed E-state index contributed by atoms with van der Waals surface area (Å²) >= 11 is 5.97. The van der Waals surface area contributed by atoms with Crippen LogP contribution in [0.15, 0.2) is 42.5 Å². The minimum Gasteiger partial charge on any atom is -0.339 e. The number of anilines is 1. The summed E-state index contributed by atoms with van der Waals surface area (Å²) in [5.41, 5.74) is 2.92. The molecule has 0 saturated carbocycles. The third kappa shape index (κ3) is 4.10. The Labute approximate surface area is 173 Å². The molecule has 2 amide bonds. The van der Waals surface area contributed by atoms with Gasteiger partial charge in [0.05, 0.1) is 5.52 Å². The summed E-state index contributed by atoms with van der Waals surface area (Å²) in [7, 11) is 0. The molecule has 1 aliphatic heterocycles. The fourth-order valence-corrected chi connectivity index (χ4v) is 3.87. The van der Waals surface area contributed by atoms with Gasteiger partial charge in [0.15, 0.2) is 0 Å². The molecular formula is C21H22ClN5O2. The molecule has 1 aliphatic rings. The van der Waals surface area contributed by atoms with Crippen molar-refractivity contribution in [3.05, 3.63) is 53.1 Å². The Morgan fingerprint density at radius 1 is 1.17 bits per heavy atom. The Balaban J connectivity index is 1.37. The van der Waals surface area contributed by atoms with E-state index >= 15 is 0 Å². The normalized spacial score (nSPS) is 14.9. The summed E-state index contributed by atoms with van der Waals surface area (Å²) < 4.78 is 1.80. The van der Waals surface area contributed by atoms with Crippen LogP contribution in [0, 0.1) is 5.92 Å². The van der Waals surface area contributed by atoms with Crippen molar-refractivity contribution >= 4 is 40.1 Å². The largest absolute Gasteiger partial charge is 0.339 e. The number of aromatic nitrogens is 3. The molecule has 29 heavy (non-hydrogen) atoms. The molecular weight excluding hydrogens is 390 g/mol. The van der Waals surface area contributed by atoms with Crippen molar-refractivity contribution in [2.45, 2.75) is 26.3 Å². The zero-order valence-corrected chi connectivity index (χ0v) is 16.9. The van der Waals surface area contributed by atoms with Crippen LogP contribution in [0.4, 0.5) is 5.69 Å². The van der Waals surface area contributed by atoms with E-state index in [1.165, 1.54) is 0 Å². The summed E-state index contributed by atoms with van der Waals surface area (Å²) in [6.45, 7) is 3.83. The van der Waals surface area contributed by atoms with E-state index in [2.05, 4.69) is 15.6 Å². The zero-order valence-electron chi connectivity index (χ0n) is 16.1. The van der Waals surface area contributed by atoms with E-state index in [1.54, 1.807) is 33.8 Å². The first-order chi connectivity index (χ1) is 14.0. The van der Waals surface area contributed by atoms with Gasteiger partial charge in [0, 0.05) is 41.8 Å². The van der Waals surface area contributed by atoms with E-state index in [0.29, 0.717) is 47.7 Å². The molecule has 1 saturated heterocycles. The summed E-state index contributed by atoms with van der Waals surface area (Å²) in [5, 5.41) is 11.7. The highest BCUT2D eigenvalue weighted by atomic mass is 35.5. The number of piperidine rings is 1. The number of carbonyl (C=O) groups excluding carboxylic acids is 2. The lowest BCUT2D eigenvalue weighted by atomic mass is 9.95. The van der Waals surface area contributed by atoms with Crippen molar-refractivity contribution < 1.29 is 9.59 Å². The van der Waals surface area contributed by atoms with Gasteiger partial charge in [-0.2, -0.15) is 0 Å². The molecule has 8 heteroatoms. The number of hydrogen-bond acceptors (Lipinski definition) is 4. The van der Waals surface area contributed by atoms with Gasteiger partial charge in [-0.15, -0.1) is 5.10 Å². The van der Waals surface area contributed by atoms with Crippen LogP contribution >= 0.6 is 11.6 Å². The maximum absolute atomic E-state index is 12.9. The van der Waals surface area contributed by atoms with Crippen LogP contribution in [0.2, 0.25) is 5.02 Å². The van der Waals surface area contributed by atoms with E-state index < -0.39 is 0 Å². The number of aryl methyl sites for hydroxylation is 1. The van der Waals surface area contributed by atoms with E-state index in [-0.39, 0.29) is 17.7 Å². The topological polar surface area (TPSA) is 80.1 Å². The van der Waals surface area contributed by atoms with Crippen molar-refractivity contribution in [2.75, 3.05) is 18.4 Å². The highest BCUT2D eigenvalue weighted by Crippen LogP contribution is 2.23. The molecule has 3 aromatic rings. The molecule has 2 heterocycles. The van der Waals surface area contributed by atoms with Gasteiger partial charge in [0.1, 0.15) is 5.52 Å². The monoisotopic (exact) mass is 411 g/mol. The molecule has 7 nitrogen and oxygen atoms in total. The first-order valence-electron chi connectivity index (χ1n) is 9.74. The van der Waals surface area contributed by atoms with Gasteiger partial charge in [-0.25, -0.2) is 4.68 Å². The predicted octanol–water partition coefficient (Wildman–Crippen LogP) is 3.60.